The summed E-state index contributed by atoms with van der Waals surface area (Å²) < 4.78 is 0. The van der Waals surface area contributed by atoms with Gasteiger partial charge in [0.1, 0.15) is 0 Å². The van der Waals surface area contributed by atoms with Crippen molar-refractivity contribution in [2.24, 2.45) is 5.41 Å². The van der Waals surface area contributed by atoms with E-state index in [0.29, 0.717) is 5.41 Å². The predicted octanol–water partition coefficient (Wildman–Crippen LogP) is 2.59. The number of unbranched alkanes of at least 4 members (excludes halogenated alkanes) is 1. The van der Waals surface area contributed by atoms with Crippen LogP contribution in [0.1, 0.15) is 39.0 Å². The molecule has 9 heavy (non-hydrogen) atoms. The van der Waals surface area contributed by atoms with E-state index in [0.717, 1.165) is 6.42 Å². The van der Waals surface area contributed by atoms with Gasteiger partial charge in [0.25, 0.3) is 0 Å². The summed E-state index contributed by atoms with van der Waals surface area (Å²) in [6.07, 6.45) is 11.5. The third-order valence-corrected chi connectivity index (χ3v) is 2.20. The van der Waals surface area contributed by atoms with Gasteiger partial charge in [-0.25, -0.2) is 0 Å². The molecular formula is C9H14. The van der Waals surface area contributed by atoms with Gasteiger partial charge in [-0.15, -0.1) is 12.3 Å². The molecule has 1 saturated carbocycles. The summed E-state index contributed by atoms with van der Waals surface area (Å²) >= 11 is 0. The second-order valence-corrected chi connectivity index (χ2v) is 3.37. The fourth-order valence-corrected chi connectivity index (χ4v) is 1.08. The van der Waals surface area contributed by atoms with Gasteiger partial charge in [-0.3, -0.25) is 0 Å². The van der Waals surface area contributed by atoms with E-state index in [1.165, 1.54) is 25.7 Å². The molecule has 1 aliphatic rings. The first-order valence-electron chi connectivity index (χ1n) is 3.70. The number of terminal acetylenes is 1. The quantitative estimate of drug-likeness (QED) is 0.398. The topological polar surface area (TPSA) is 0 Å². The molecule has 0 heterocycles. The van der Waals surface area contributed by atoms with Crippen LogP contribution in [0.3, 0.4) is 0 Å². The Labute approximate surface area is 57.7 Å². The Bertz CT molecular complexity index is 123. The average molecular weight is 122 g/mol. The first-order chi connectivity index (χ1) is 4.27. The zero-order chi connectivity index (χ0) is 6.74. The minimum Gasteiger partial charge on any atom is -0.120 e. The number of rotatable bonds is 3. The zero-order valence-corrected chi connectivity index (χ0v) is 6.11. The van der Waals surface area contributed by atoms with Gasteiger partial charge in [-0.2, -0.15) is 0 Å². The van der Waals surface area contributed by atoms with Crippen molar-refractivity contribution < 1.29 is 0 Å². The molecule has 0 spiro atoms. The van der Waals surface area contributed by atoms with Crippen molar-refractivity contribution in [3.63, 3.8) is 0 Å². The van der Waals surface area contributed by atoms with Crippen LogP contribution in [0.2, 0.25) is 0 Å². The van der Waals surface area contributed by atoms with Crippen LogP contribution in [0.15, 0.2) is 0 Å². The molecule has 0 amide bonds. The first kappa shape index (κ1) is 6.68. The Morgan fingerprint density at radius 2 is 2.22 bits per heavy atom. The Kier molecular flexibility index (Phi) is 1.81. The van der Waals surface area contributed by atoms with Crippen molar-refractivity contribution in [1.82, 2.24) is 0 Å². The van der Waals surface area contributed by atoms with Gasteiger partial charge in [0, 0.05) is 6.42 Å². The highest BCUT2D eigenvalue weighted by Gasteiger charge is 2.35. The van der Waals surface area contributed by atoms with Gasteiger partial charge in [0.05, 0.1) is 0 Å². The number of hydrogen-bond donors (Lipinski definition) is 0. The summed E-state index contributed by atoms with van der Waals surface area (Å²) in [6.45, 7) is 2.35. The summed E-state index contributed by atoms with van der Waals surface area (Å²) in [6, 6.07) is 0. The van der Waals surface area contributed by atoms with Crippen molar-refractivity contribution >= 4 is 0 Å². The minimum absolute atomic E-state index is 0.705. The molecule has 0 aliphatic heterocycles. The molecule has 0 atom stereocenters. The van der Waals surface area contributed by atoms with E-state index in [-0.39, 0.29) is 0 Å². The van der Waals surface area contributed by atoms with Crippen LogP contribution in [-0.4, -0.2) is 0 Å². The Balaban J connectivity index is 2.00. The molecule has 0 aromatic carbocycles. The van der Waals surface area contributed by atoms with Crippen molar-refractivity contribution in [3.05, 3.63) is 0 Å². The molecular weight excluding hydrogens is 108 g/mol. The molecule has 0 saturated heterocycles. The van der Waals surface area contributed by atoms with Crippen LogP contribution >= 0.6 is 0 Å². The van der Waals surface area contributed by atoms with Gasteiger partial charge in [0.2, 0.25) is 0 Å². The molecule has 0 bridgehead atoms. The molecule has 0 nitrogen and oxygen atoms in total. The predicted molar refractivity (Wildman–Crippen MR) is 40.0 cm³/mol. The molecule has 0 aromatic rings. The zero-order valence-electron chi connectivity index (χ0n) is 6.11. The van der Waals surface area contributed by atoms with Gasteiger partial charge in [0.15, 0.2) is 0 Å². The lowest BCUT2D eigenvalue weighted by Crippen LogP contribution is -1.90. The molecule has 50 valence electrons. The standard InChI is InChI=1S/C9H14/c1-3-4-5-6-9(2)7-8-9/h1H,4-8H2,2H3. The Morgan fingerprint density at radius 3 is 2.67 bits per heavy atom. The molecule has 1 aliphatic carbocycles. The van der Waals surface area contributed by atoms with Crippen molar-refractivity contribution in [2.75, 3.05) is 0 Å². The van der Waals surface area contributed by atoms with E-state index in [1.54, 1.807) is 0 Å². The molecule has 0 heteroatoms. The van der Waals surface area contributed by atoms with Gasteiger partial charge >= 0.3 is 0 Å². The molecule has 1 rings (SSSR count). The van der Waals surface area contributed by atoms with E-state index in [2.05, 4.69) is 12.8 Å². The molecule has 0 aromatic heterocycles. The molecule has 0 N–H and O–H groups in total. The average Bonchev–Trinajstić information content (AvgIpc) is 2.50. The maximum Gasteiger partial charge on any atom is 0.00862 e. The van der Waals surface area contributed by atoms with Gasteiger partial charge in [-0.05, 0) is 31.1 Å². The fraction of sp³-hybridized carbons (Fsp3) is 0.778. The van der Waals surface area contributed by atoms with Crippen LogP contribution in [0, 0.1) is 17.8 Å². The lowest BCUT2D eigenvalue weighted by Gasteiger charge is -2.03. The second kappa shape index (κ2) is 2.43. The highest BCUT2D eigenvalue weighted by atomic mass is 14.4. The normalized spacial score (nSPS) is 20.9. The van der Waals surface area contributed by atoms with E-state index >= 15 is 0 Å². The van der Waals surface area contributed by atoms with E-state index in [1.807, 2.05) is 0 Å². The molecule has 0 unspecified atom stereocenters. The summed E-state index contributed by atoms with van der Waals surface area (Å²) in [7, 11) is 0. The number of hydrogen-bond acceptors (Lipinski definition) is 0. The van der Waals surface area contributed by atoms with E-state index in [4.69, 9.17) is 6.42 Å². The van der Waals surface area contributed by atoms with Crippen molar-refractivity contribution in [3.8, 4) is 12.3 Å². The third kappa shape index (κ3) is 2.10. The highest BCUT2D eigenvalue weighted by molar-refractivity contribution is 4.90. The van der Waals surface area contributed by atoms with E-state index < -0.39 is 0 Å². The third-order valence-electron chi connectivity index (χ3n) is 2.20. The van der Waals surface area contributed by atoms with Crippen LogP contribution in [0.25, 0.3) is 0 Å². The molecule has 0 radical (unpaired) electrons. The maximum atomic E-state index is 5.13. The first-order valence-corrected chi connectivity index (χ1v) is 3.70. The van der Waals surface area contributed by atoms with Crippen LogP contribution < -0.4 is 0 Å². The summed E-state index contributed by atoms with van der Waals surface area (Å²) in [5.41, 5.74) is 0.705. The van der Waals surface area contributed by atoms with Crippen molar-refractivity contribution in [1.29, 1.82) is 0 Å². The van der Waals surface area contributed by atoms with Crippen LogP contribution in [0.4, 0.5) is 0 Å². The summed E-state index contributed by atoms with van der Waals surface area (Å²) in [5.74, 6) is 2.67. The van der Waals surface area contributed by atoms with Crippen LogP contribution in [0.5, 0.6) is 0 Å². The van der Waals surface area contributed by atoms with Crippen LogP contribution in [-0.2, 0) is 0 Å². The lowest BCUT2D eigenvalue weighted by molar-refractivity contribution is 0.500. The van der Waals surface area contributed by atoms with Gasteiger partial charge in [-0.1, -0.05) is 6.92 Å². The SMILES string of the molecule is C#CCCCC1(C)CC1. The summed E-state index contributed by atoms with van der Waals surface area (Å²) in [4.78, 5) is 0. The molecule has 1 fully saturated rings. The summed E-state index contributed by atoms with van der Waals surface area (Å²) in [5, 5.41) is 0. The largest absolute Gasteiger partial charge is 0.120 e. The van der Waals surface area contributed by atoms with Crippen molar-refractivity contribution in [2.45, 2.75) is 39.0 Å². The fourth-order valence-electron chi connectivity index (χ4n) is 1.08. The second-order valence-electron chi connectivity index (χ2n) is 3.37. The lowest BCUT2D eigenvalue weighted by atomic mass is 10.0. The van der Waals surface area contributed by atoms with Gasteiger partial charge < -0.3 is 0 Å². The monoisotopic (exact) mass is 122 g/mol. The van der Waals surface area contributed by atoms with E-state index in [9.17, 15) is 0 Å². The Hall–Kier alpha value is -0.440. The highest BCUT2D eigenvalue weighted by Crippen LogP contribution is 2.48. The smallest absolute Gasteiger partial charge is 0.00862 e. The maximum absolute atomic E-state index is 5.13. The Morgan fingerprint density at radius 1 is 1.56 bits per heavy atom. The minimum atomic E-state index is 0.705.